The molecule has 0 amide bonds. The number of pyridine rings is 1. The van der Waals surface area contributed by atoms with Gasteiger partial charge in [0, 0.05) is 24.2 Å². The second-order valence-corrected chi connectivity index (χ2v) is 5.07. The summed E-state index contributed by atoms with van der Waals surface area (Å²) in [5.74, 6) is 0. The molecule has 0 aliphatic rings. The summed E-state index contributed by atoms with van der Waals surface area (Å²) in [6, 6.07) is 8.08. The summed E-state index contributed by atoms with van der Waals surface area (Å²) in [7, 11) is 0. The molecule has 0 spiro atoms. The van der Waals surface area contributed by atoms with E-state index in [1.807, 2.05) is 31.2 Å². The van der Waals surface area contributed by atoms with Crippen molar-refractivity contribution in [3.05, 3.63) is 36.0 Å². The van der Waals surface area contributed by atoms with E-state index in [0.717, 1.165) is 22.2 Å². The van der Waals surface area contributed by atoms with Crippen molar-refractivity contribution in [2.45, 2.75) is 19.9 Å². The van der Waals surface area contributed by atoms with Crippen molar-refractivity contribution in [1.82, 2.24) is 4.98 Å². The number of benzene rings is 1. The van der Waals surface area contributed by atoms with Crippen LogP contribution >= 0.6 is 12.2 Å². The van der Waals surface area contributed by atoms with Gasteiger partial charge in [-0.3, -0.25) is 4.98 Å². The number of para-hydroxylation sites is 1. The van der Waals surface area contributed by atoms with E-state index in [1.54, 1.807) is 6.20 Å². The van der Waals surface area contributed by atoms with Crippen molar-refractivity contribution >= 4 is 33.8 Å². The summed E-state index contributed by atoms with van der Waals surface area (Å²) in [6.07, 6.45) is 1.72. The number of hydrogen-bond donors (Lipinski definition) is 2. The lowest BCUT2D eigenvalue weighted by Crippen LogP contribution is -2.24. The molecule has 0 saturated heterocycles. The standard InChI is InChI=1S/C15H19N3OS/c1-3-19-9-10(2)18-14-11-6-4-5-7-13(11)17-8-12(14)15(16)20/h4-8,10H,3,9H2,1-2H3,(H2,16,20)(H,17,18). The maximum Gasteiger partial charge on any atom is 0.107 e. The Morgan fingerprint density at radius 1 is 1.45 bits per heavy atom. The summed E-state index contributed by atoms with van der Waals surface area (Å²) in [5, 5.41) is 4.45. The Bertz CT molecular complexity index is 615. The number of nitrogens with zero attached hydrogens (tertiary/aromatic N) is 1. The predicted molar refractivity (Wildman–Crippen MR) is 87.2 cm³/mol. The smallest absolute Gasteiger partial charge is 0.107 e. The first-order valence-electron chi connectivity index (χ1n) is 6.65. The SMILES string of the molecule is CCOCC(C)Nc1c(C(N)=S)cnc2ccccc12. The highest BCUT2D eigenvalue weighted by Gasteiger charge is 2.13. The Morgan fingerprint density at radius 3 is 2.90 bits per heavy atom. The molecule has 1 aromatic carbocycles. The van der Waals surface area contributed by atoms with Gasteiger partial charge < -0.3 is 15.8 Å². The first-order valence-corrected chi connectivity index (χ1v) is 7.06. The minimum Gasteiger partial charge on any atom is -0.389 e. The molecule has 20 heavy (non-hydrogen) atoms. The van der Waals surface area contributed by atoms with Crippen LogP contribution < -0.4 is 11.1 Å². The number of thiocarbonyl (C=S) groups is 1. The van der Waals surface area contributed by atoms with Crippen LogP contribution in [0, 0.1) is 0 Å². The highest BCUT2D eigenvalue weighted by Crippen LogP contribution is 2.26. The van der Waals surface area contributed by atoms with Crippen molar-refractivity contribution < 1.29 is 4.74 Å². The number of rotatable bonds is 6. The number of fused-ring (bicyclic) bond motifs is 1. The molecule has 2 rings (SSSR count). The zero-order valence-electron chi connectivity index (χ0n) is 11.7. The Balaban J connectivity index is 2.41. The molecule has 0 aliphatic heterocycles. The van der Waals surface area contributed by atoms with Crippen LogP contribution in [0.2, 0.25) is 0 Å². The van der Waals surface area contributed by atoms with E-state index in [-0.39, 0.29) is 6.04 Å². The number of nitrogens with one attached hydrogen (secondary N) is 1. The quantitative estimate of drug-likeness (QED) is 0.801. The van der Waals surface area contributed by atoms with Gasteiger partial charge in [-0.1, -0.05) is 30.4 Å². The van der Waals surface area contributed by atoms with E-state index in [2.05, 4.69) is 17.2 Å². The molecular formula is C15H19N3OS. The molecular weight excluding hydrogens is 270 g/mol. The number of nitrogens with two attached hydrogens (primary N) is 1. The summed E-state index contributed by atoms with van der Waals surface area (Å²) in [5.41, 5.74) is 8.41. The molecule has 0 saturated carbocycles. The second-order valence-electron chi connectivity index (χ2n) is 4.63. The van der Waals surface area contributed by atoms with Crippen molar-refractivity contribution in [3.8, 4) is 0 Å². The van der Waals surface area contributed by atoms with E-state index >= 15 is 0 Å². The third-order valence-corrected chi connectivity index (χ3v) is 3.22. The maximum absolute atomic E-state index is 5.80. The normalized spacial score (nSPS) is 12.3. The Hall–Kier alpha value is -1.72. The maximum atomic E-state index is 5.80. The van der Waals surface area contributed by atoms with Crippen LogP contribution in [0.15, 0.2) is 30.5 Å². The first kappa shape index (κ1) is 14.7. The molecule has 2 aromatic rings. The zero-order chi connectivity index (χ0) is 14.5. The molecule has 106 valence electrons. The highest BCUT2D eigenvalue weighted by molar-refractivity contribution is 7.80. The van der Waals surface area contributed by atoms with Crippen molar-refractivity contribution in [2.75, 3.05) is 18.5 Å². The van der Waals surface area contributed by atoms with Gasteiger partial charge in [0.15, 0.2) is 0 Å². The number of aromatic nitrogens is 1. The number of ether oxygens (including phenoxy) is 1. The van der Waals surface area contributed by atoms with Gasteiger partial charge in [0.2, 0.25) is 0 Å². The average molecular weight is 289 g/mol. The lowest BCUT2D eigenvalue weighted by atomic mass is 10.1. The van der Waals surface area contributed by atoms with E-state index < -0.39 is 0 Å². The molecule has 0 bridgehead atoms. The molecule has 5 heteroatoms. The molecule has 1 atom stereocenters. The van der Waals surface area contributed by atoms with Crippen molar-refractivity contribution in [3.63, 3.8) is 0 Å². The van der Waals surface area contributed by atoms with Gasteiger partial charge in [-0.2, -0.15) is 0 Å². The summed E-state index contributed by atoms with van der Waals surface area (Å²) in [6.45, 7) is 5.37. The third-order valence-electron chi connectivity index (χ3n) is 3.00. The van der Waals surface area contributed by atoms with Crippen LogP contribution in [-0.2, 0) is 4.74 Å². The molecule has 1 aromatic heterocycles. The largest absolute Gasteiger partial charge is 0.389 e. The van der Waals surface area contributed by atoms with E-state index in [0.29, 0.717) is 18.2 Å². The van der Waals surface area contributed by atoms with Crippen molar-refractivity contribution in [1.29, 1.82) is 0 Å². The topological polar surface area (TPSA) is 60.2 Å². The fourth-order valence-electron chi connectivity index (χ4n) is 2.07. The number of hydrogen-bond acceptors (Lipinski definition) is 4. The molecule has 3 N–H and O–H groups in total. The van der Waals surface area contributed by atoms with Crippen LogP contribution in [0.25, 0.3) is 10.9 Å². The fourth-order valence-corrected chi connectivity index (χ4v) is 2.22. The Labute approximate surface area is 124 Å². The lowest BCUT2D eigenvalue weighted by Gasteiger charge is -2.19. The minimum atomic E-state index is 0.161. The number of anilines is 1. The molecule has 0 fully saturated rings. The van der Waals surface area contributed by atoms with Gasteiger partial charge in [0.05, 0.1) is 23.4 Å². The van der Waals surface area contributed by atoms with E-state index in [9.17, 15) is 0 Å². The molecule has 1 unspecified atom stereocenters. The van der Waals surface area contributed by atoms with Crippen LogP contribution in [-0.4, -0.2) is 29.2 Å². The Kier molecular flexibility index (Phi) is 4.87. The second kappa shape index (κ2) is 6.63. The summed E-state index contributed by atoms with van der Waals surface area (Å²) < 4.78 is 5.44. The molecule has 1 heterocycles. The van der Waals surface area contributed by atoms with Crippen LogP contribution in [0.3, 0.4) is 0 Å². The lowest BCUT2D eigenvalue weighted by molar-refractivity contribution is 0.141. The molecule has 0 aliphatic carbocycles. The van der Waals surface area contributed by atoms with Gasteiger partial charge >= 0.3 is 0 Å². The monoisotopic (exact) mass is 289 g/mol. The third kappa shape index (κ3) is 3.23. The van der Waals surface area contributed by atoms with Crippen LogP contribution in [0.5, 0.6) is 0 Å². The van der Waals surface area contributed by atoms with Gasteiger partial charge in [0.1, 0.15) is 4.99 Å². The van der Waals surface area contributed by atoms with Crippen molar-refractivity contribution in [2.24, 2.45) is 5.73 Å². The molecule has 4 nitrogen and oxygen atoms in total. The first-order chi connectivity index (χ1) is 9.63. The zero-order valence-corrected chi connectivity index (χ0v) is 12.5. The fraction of sp³-hybridized carbons (Fsp3) is 0.333. The van der Waals surface area contributed by atoms with Gasteiger partial charge in [-0.25, -0.2) is 0 Å². The highest BCUT2D eigenvalue weighted by atomic mass is 32.1. The Morgan fingerprint density at radius 2 is 2.20 bits per heavy atom. The van der Waals surface area contributed by atoms with Crippen LogP contribution in [0.4, 0.5) is 5.69 Å². The molecule has 0 radical (unpaired) electrons. The van der Waals surface area contributed by atoms with E-state index in [4.69, 9.17) is 22.7 Å². The summed E-state index contributed by atoms with van der Waals surface area (Å²) >= 11 is 5.12. The average Bonchev–Trinajstić information content (AvgIpc) is 2.45. The van der Waals surface area contributed by atoms with Gasteiger partial charge in [-0.05, 0) is 19.9 Å². The summed E-state index contributed by atoms with van der Waals surface area (Å²) in [4.78, 5) is 4.74. The van der Waals surface area contributed by atoms with E-state index in [1.165, 1.54) is 0 Å². The minimum absolute atomic E-state index is 0.161. The van der Waals surface area contributed by atoms with Gasteiger partial charge in [0.25, 0.3) is 0 Å². The van der Waals surface area contributed by atoms with Gasteiger partial charge in [-0.15, -0.1) is 0 Å². The van der Waals surface area contributed by atoms with Crippen LogP contribution in [0.1, 0.15) is 19.4 Å². The predicted octanol–water partition coefficient (Wildman–Crippen LogP) is 2.71.